The van der Waals surface area contributed by atoms with Gasteiger partial charge in [-0.1, -0.05) is 29.8 Å². The van der Waals surface area contributed by atoms with E-state index in [0.29, 0.717) is 24.5 Å². The number of carbonyl (C=O) groups is 1. The van der Waals surface area contributed by atoms with Crippen LogP contribution in [0.2, 0.25) is 5.02 Å². The molecule has 0 aliphatic rings. The van der Waals surface area contributed by atoms with Crippen LogP contribution in [-0.4, -0.2) is 23.4 Å². The Hall–Kier alpha value is -1.06. The van der Waals surface area contributed by atoms with Gasteiger partial charge < -0.3 is 10.6 Å². The molecule has 2 N–H and O–H groups in total. The Labute approximate surface area is 108 Å². The third-order valence-electron chi connectivity index (χ3n) is 2.60. The number of halogens is 1. The average Bonchev–Trinajstić information content (AvgIpc) is 2.27. The van der Waals surface area contributed by atoms with Gasteiger partial charge in [0.05, 0.1) is 0 Å². The highest BCUT2D eigenvalue weighted by molar-refractivity contribution is 6.31. The molecule has 17 heavy (non-hydrogen) atoms. The van der Waals surface area contributed by atoms with Crippen LogP contribution in [0.3, 0.4) is 0 Å². The van der Waals surface area contributed by atoms with Gasteiger partial charge in [0, 0.05) is 30.6 Å². The molecule has 1 amide bonds. The van der Waals surface area contributed by atoms with E-state index in [9.17, 15) is 4.79 Å². The summed E-state index contributed by atoms with van der Waals surface area (Å²) in [5, 5.41) is 0.693. The Kier molecular flexibility index (Phi) is 5.45. The van der Waals surface area contributed by atoms with Crippen molar-refractivity contribution in [3.63, 3.8) is 0 Å². The van der Waals surface area contributed by atoms with Gasteiger partial charge in [0.2, 0.25) is 5.91 Å². The lowest BCUT2D eigenvalue weighted by Crippen LogP contribution is -2.37. The number of benzene rings is 1. The standard InChI is InChI=1S/C13H19ClN2O/c1-10(2)16(13(17)7-8-15)9-11-5-3-4-6-12(11)14/h3-6,10H,7-9,15H2,1-2H3. The highest BCUT2D eigenvalue weighted by atomic mass is 35.5. The Morgan fingerprint density at radius 3 is 2.59 bits per heavy atom. The zero-order valence-corrected chi connectivity index (χ0v) is 11.1. The maximum atomic E-state index is 11.9. The molecule has 0 aromatic heterocycles. The van der Waals surface area contributed by atoms with E-state index >= 15 is 0 Å². The van der Waals surface area contributed by atoms with Gasteiger partial charge >= 0.3 is 0 Å². The Morgan fingerprint density at radius 1 is 1.41 bits per heavy atom. The lowest BCUT2D eigenvalue weighted by molar-refractivity contribution is -0.133. The van der Waals surface area contributed by atoms with Gasteiger partial charge in [0.1, 0.15) is 0 Å². The molecule has 0 aliphatic carbocycles. The molecular formula is C13H19ClN2O. The van der Waals surface area contributed by atoms with Gasteiger partial charge in [-0.2, -0.15) is 0 Å². The maximum Gasteiger partial charge on any atom is 0.224 e. The van der Waals surface area contributed by atoms with Crippen molar-refractivity contribution in [2.24, 2.45) is 5.73 Å². The highest BCUT2D eigenvalue weighted by Gasteiger charge is 2.17. The first-order valence-electron chi connectivity index (χ1n) is 5.79. The number of hydrogen-bond acceptors (Lipinski definition) is 2. The largest absolute Gasteiger partial charge is 0.336 e. The minimum absolute atomic E-state index is 0.0717. The summed E-state index contributed by atoms with van der Waals surface area (Å²) in [6.07, 6.45) is 0.378. The molecule has 0 aliphatic heterocycles. The molecule has 0 bridgehead atoms. The van der Waals surface area contributed by atoms with Crippen molar-refractivity contribution in [1.82, 2.24) is 4.90 Å². The second-order valence-corrected chi connectivity index (χ2v) is 4.65. The second kappa shape index (κ2) is 6.62. The van der Waals surface area contributed by atoms with Crippen molar-refractivity contribution in [3.8, 4) is 0 Å². The fraction of sp³-hybridized carbons (Fsp3) is 0.462. The Bertz CT molecular complexity index is 379. The molecule has 0 fully saturated rings. The number of nitrogens with zero attached hydrogens (tertiary/aromatic N) is 1. The molecule has 0 heterocycles. The molecule has 0 unspecified atom stereocenters. The van der Waals surface area contributed by atoms with Crippen molar-refractivity contribution in [2.75, 3.05) is 6.54 Å². The van der Waals surface area contributed by atoms with E-state index < -0.39 is 0 Å². The zero-order valence-electron chi connectivity index (χ0n) is 10.3. The predicted molar refractivity (Wildman–Crippen MR) is 70.8 cm³/mol. The number of hydrogen-bond donors (Lipinski definition) is 1. The quantitative estimate of drug-likeness (QED) is 0.877. The minimum atomic E-state index is 0.0717. The SMILES string of the molecule is CC(C)N(Cc1ccccc1Cl)C(=O)CCN. The van der Waals surface area contributed by atoms with Gasteiger partial charge in [-0.25, -0.2) is 0 Å². The molecule has 0 saturated carbocycles. The molecule has 3 nitrogen and oxygen atoms in total. The van der Waals surface area contributed by atoms with E-state index in [1.807, 2.05) is 38.1 Å². The second-order valence-electron chi connectivity index (χ2n) is 4.25. The van der Waals surface area contributed by atoms with Crippen LogP contribution in [0.25, 0.3) is 0 Å². The molecule has 0 atom stereocenters. The third kappa shape index (κ3) is 4.02. The average molecular weight is 255 g/mol. The van der Waals surface area contributed by atoms with E-state index in [2.05, 4.69) is 0 Å². The number of amides is 1. The van der Waals surface area contributed by atoms with Gasteiger partial charge in [-0.05, 0) is 25.5 Å². The molecule has 1 rings (SSSR count). The smallest absolute Gasteiger partial charge is 0.224 e. The zero-order chi connectivity index (χ0) is 12.8. The normalized spacial score (nSPS) is 10.6. The van der Waals surface area contributed by atoms with Gasteiger partial charge in [0.25, 0.3) is 0 Å². The van der Waals surface area contributed by atoms with E-state index in [1.165, 1.54) is 0 Å². The highest BCUT2D eigenvalue weighted by Crippen LogP contribution is 2.18. The van der Waals surface area contributed by atoms with Crippen LogP contribution in [0, 0.1) is 0 Å². The summed E-state index contributed by atoms with van der Waals surface area (Å²) >= 11 is 6.09. The van der Waals surface area contributed by atoms with Crippen LogP contribution in [0.4, 0.5) is 0 Å². The molecule has 4 heteroatoms. The first-order valence-corrected chi connectivity index (χ1v) is 6.17. The summed E-state index contributed by atoms with van der Waals surface area (Å²) in [4.78, 5) is 13.7. The summed E-state index contributed by atoms with van der Waals surface area (Å²) < 4.78 is 0. The fourth-order valence-corrected chi connectivity index (χ4v) is 1.83. The lowest BCUT2D eigenvalue weighted by atomic mass is 10.1. The first-order chi connectivity index (χ1) is 8.06. The predicted octanol–water partition coefficient (Wildman–Crippen LogP) is 2.43. The molecule has 0 saturated heterocycles. The molecular weight excluding hydrogens is 236 g/mol. The number of nitrogens with two attached hydrogens (primary N) is 1. The van der Waals surface area contributed by atoms with Crippen LogP contribution in [0.1, 0.15) is 25.8 Å². The fourth-order valence-electron chi connectivity index (χ4n) is 1.64. The van der Waals surface area contributed by atoms with Gasteiger partial charge in [0.15, 0.2) is 0 Å². The van der Waals surface area contributed by atoms with E-state index in [4.69, 9.17) is 17.3 Å². The van der Waals surface area contributed by atoms with Crippen LogP contribution in [-0.2, 0) is 11.3 Å². The summed E-state index contributed by atoms with van der Waals surface area (Å²) in [5.74, 6) is 0.0717. The van der Waals surface area contributed by atoms with Crippen molar-refractivity contribution >= 4 is 17.5 Å². The summed E-state index contributed by atoms with van der Waals surface area (Å²) in [6, 6.07) is 7.72. The van der Waals surface area contributed by atoms with Gasteiger partial charge in [-0.3, -0.25) is 4.79 Å². The van der Waals surface area contributed by atoms with Crippen LogP contribution in [0.15, 0.2) is 24.3 Å². The monoisotopic (exact) mass is 254 g/mol. The molecule has 1 aromatic carbocycles. The van der Waals surface area contributed by atoms with Crippen LogP contribution in [0.5, 0.6) is 0 Å². The van der Waals surface area contributed by atoms with E-state index in [0.717, 1.165) is 5.56 Å². The van der Waals surface area contributed by atoms with Crippen LogP contribution < -0.4 is 5.73 Å². The van der Waals surface area contributed by atoms with Crippen LogP contribution >= 0.6 is 11.6 Å². The van der Waals surface area contributed by atoms with Crippen molar-refractivity contribution < 1.29 is 4.79 Å². The van der Waals surface area contributed by atoms with Crippen molar-refractivity contribution in [1.29, 1.82) is 0 Å². The van der Waals surface area contributed by atoms with E-state index in [1.54, 1.807) is 4.90 Å². The number of rotatable bonds is 5. The maximum absolute atomic E-state index is 11.9. The van der Waals surface area contributed by atoms with Crippen molar-refractivity contribution in [3.05, 3.63) is 34.9 Å². The lowest BCUT2D eigenvalue weighted by Gasteiger charge is -2.27. The van der Waals surface area contributed by atoms with E-state index in [-0.39, 0.29) is 11.9 Å². The summed E-state index contributed by atoms with van der Waals surface area (Å²) in [5.41, 5.74) is 6.38. The molecule has 0 radical (unpaired) electrons. The Morgan fingerprint density at radius 2 is 2.06 bits per heavy atom. The van der Waals surface area contributed by atoms with Gasteiger partial charge in [-0.15, -0.1) is 0 Å². The topological polar surface area (TPSA) is 46.3 Å². The number of carbonyl (C=O) groups excluding carboxylic acids is 1. The third-order valence-corrected chi connectivity index (χ3v) is 2.97. The first kappa shape index (κ1) is 14.0. The molecule has 0 spiro atoms. The van der Waals surface area contributed by atoms with Crippen molar-refractivity contribution in [2.45, 2.75) is 32.9 Å². The minimum Gasteiger partial charge on any atom is -0.336 e. The summed E-state index contributed by atoms with van der Waals surface area (Å²) in [6.45, 7) is 4.90. The summed E-state index contributed by atoms with van der Waals surface area (Å²) in [7, 11) is 0. The molecule has 1 aromatic rings. The molecule has 94 valence electrons. The Balaban J connectivity index is 2.81.